The quantitative estimate of drug-likeness (QED) is 0.631. The Kier molecular flexibility index (Phi) is 5.44. The van der Waals surface area contributed by atoms with E-state index in [9.17, 15) is 32.9 Å². The molecule has 1 aromatic carbocycles. The van der Waals surface area contributed by atoms with E-state index in [2.05, 4.69) is 5.32 Å². The number of carbonyl (C=O) groups excluding carboxylic acids is 2. The molecule has 0 bridgehead atoms. The molecule has 0 radical (unpaired) electrons. The second-order valence-electron chi connectivity index (χ2n) is 4.33. The van der Waals surface area contributed by atoms with E-state index in [0.717, 1.165) is 6.07 Å². The van der Waals surface area contributed by atoms with Crippen LogP contribution < -0.4 is 10.6 Å². The van der Waals surface area contributed by atoms with Crippen LogP contribution in [0.5, 0.6) is 0 Å². The molecule has 0 heterocycles. The number of nitrogens with zero attached hydrogens (tertiary/aromatic N) is 1. The summed E-state index contributed by atoms with van der Waals surface area (Å²) in [5, 5.41) is 14.4. The van der Waals surface area contributed by atoms with Crippen LogP contribution >= 0.6 is 0 Å². The molecule has 0 spiro atoms. The van der Waals surface area contributed by atoms with Gasteiger partial charge in [-0.3, -0.25) is 19.7 Å². The van der Waals surface area contributed by atoms with Gasteiger partial charge in [-0.15, -0.1) is 0 Å². The first-order valence-corrected chi connectivity index (χ1v) is 5.97. The van der Waals surface area contributed by atoms with Gasteiger partial charge in [0, 0.05) is 17.2 Å². The highest BCUT2D eigenvalue weighted by Crippen LogP contribution is 2.19. The summed E-state index contributed by atoms with van der Waals surface area (Å²) in [6.45, 7) is -0.682. The number of carbonyl (C=O) groups is 2. The van der Waals surface area contributed by atoms with Crippen LogP contribution in [0.3, 0.4) is 0 Å². The highest BCUT2D eigenvalue weighted by atomic mass is 19.4. The maximum Gasteiger partial charge on any atom is 0.405 e. The number of amides is 2. The second-order valence-corrected chi connectivity index (χ2v) is 4.33. The van der Waals surface area contributed by atoms with E-state index in [-0.39, 0.29) is 11.3 Å². The van der Waals surface area contributed by atoms with Crippen molar-refractivity contribution < 1.29 is 27.7 Å². The summed E-state index contributed by atoms with van der Waals surface area (Å²) in [6, 6.07) is 3.69. The molecule has 0 aliphatic carbocycles. The highest BCUT2D eigenvalue weighted by Gasteiger charge is 2.27. The molecule has 0 aliphatic heterocycles. The Balaban J connectivity index is 2.61. The van der Waals surface area contributed by atoms with Gasteiger partial charge in [0.25, 0.3) is 11.6 Å². The molecule has 2 N–H and O–H groups in total. The van der Waals surface area contributed by atoms with E-state index < -0.39 is 36.0 Å². The molecular weight excluding hydrogens is 307 g/mol. The van der Waals surface area contributed by atoms with Crippen molar-refractivity contribution in [2.75, 3.05) is 13.1 Å². The van der Waals surface area contributed by atoms with Crippen LogP contribution in [0.15, 0.2) is 18.2 Å². The standard InChI is InChI=1S/C12H12F3N3O4/c1-7-2-3-8(4-9(7)18(21)22)11(20)16-5-10(19)17-6-12(13,14)15/h2-4H,5-6H2,1H3,(H,16,20)(H,17,19). The van der Waals surface area contributed by atoms with Gasteiger partial charge in [0.2, 0.25) is 5.91 Å². The van der Waals surface area contributed by atoms with Gasteiger partial charge in [-0.05, 0) is 13.0 Å². The van der Waals surface area contributed by atoms with Gasteiger partial charge < -0.3 is 10.6 Å². The maximum atomic E-state index is 11.9. The Morgan fingerprint density at radius 2 is 1.91 bits per heavy atom. The first-order valence-electron chi connectivity index (χ1n) is 5.97. The fourth-order valence-corrected chi connectivity index (χ4v) is 1.47. The van der Waals surface area contributed by atoms with Crippen LogP contribution in [0, 0.1) is 17.0 Å². The number of rotatable bonds is 5. The molecule has 1 rings (SSSR count). The van der Waals surface area contributed by atoms with Crippen molar-refractivity contribution in [1.82, 2.24) is 10.6 Å². The van der Waals surface area contributed by atoms with Gasteiger partial charge in [-0.2, -0.15) is 13.2 Å². The van der Waals surface area contributed by atoms with Crippen LogP contribution in [-0.4, -0.2) is 36.0 Å². The maximum absolute atomic E-state index is 11.9. The van der Waals surface area contributed by atoms with Crippen molar-refractivity contribution in [3.8, 4) is 0 Å². The normalized spacial score (nSPS) is 10.9. The van der Waals surface area contributed by atoms with Crippen LogP contribution in [0.2, 0.25) is 0 Å². The zero-order chi connectivity index (χ0) is 16.9. The number of nitrogens with one attached hydrogen (secondary N) is 2. The van der Waals surface area contributed by atoms with Crippen molar-refractivity contribution in [3.05, 3.63) is 39.4 Å². The topological polar surface area (TPSA) is 101 Å². The number of nitro groups is 1. The minimum Gasteiger partial charge on any atom is -0.345 e. The summed E-state index contributed by atoms with van der Waals surface area (Å²) >= 11 is 0. The third kappa shape index (κ3) is 5.38. The molecule has 0 aromatic heterocycles. The zero-order valence-electron chi connectivity index (χ0n) is 11.4. The monoisotopic (exact) mass is 319 g/mol. The lowest BCUT2D eigenvalue weighted by Gasteiger charge is -2.09. The van der Waals surface area contributed by atoms with Crippen LogP contribution in [0.25, 0.3) is 0 Å². The highest BCUT2D eigenvalue weighted by molar-refractivity contribution is 5.97. The third-order valence-corrected chi connectivity index (χ3v) is 2.56. The molecule has 0 aliphatic rings. The fraction of sp³-hybridized carbons (Fsp3) is 0.333. The van der Waals surface area contributed by atoms with Crippen molar-refractivity contribution in [3.63, 3.8) is 0 Å². The molecule has 0 saturated heterocycles. The zero-order valence-corrected chi connectivity index (χ0v) is 11.4. The number of alkyl halides is 3. The van der Waals surface area contributed by atoms with E-state index in [1.165, 1.54) is 19.1 Å². The molecule has 7 nitrogen and oxygen atoms in total. The molecule has 22 heavy (non-hydrogen) atoms. The first kappa shape index (κ1) is 17.4. The van der Waals surface area contributed by atoms with Gasteiger partial charge in [0.05, 0.1) is 11.5 Å². The van der Waals surface area contributed by atoms with Crippen molar-refractivity contribution in [2.24, 2.45) is 0 Å². The Morgan fingerprint density at radius 3 is 2.45 bits per heavy atom. The number of hydrogen-bond acceptors (Lipinski definition) is 4. The van der Waals surface area contributed by atoms with Crippen LogP contribution in [-0.2, 0) is 4.79 Å². The molecule has 10 heteroatoms. The molecule has 0 saturated carbocycles. The summed E-state index contributed by atoms with van der Waals surface area (Å²) in [5.74, 6) is -1.82. The summed E-state index contributed by atoms with van der Waals surface area (Å²) < 4.78 is 35.6. The first-order chi connectivity index (χ1) is 10.1. The summed E-state index contributed by atoms with van der Waals surface area (Å²) in [4.78, 5) is 32.9. The minimum atomic E-state index is -4.54. The largest absolute Gasteiger partial charge is 0.405 e. The Labute approximate surface area is 122 Å². The summed E-state index contributed by atoms with van der Waals surface area (Å²) in [7, 11) is 0. The third-order valence-electron chi connectivity index (χ3n) is 2.56. The van der Waals surface area contributed by atoms with Crippen molar-refractivity contribution in [1.29, 1.82) is 0 Å². The van der Waals surface area contributed by atoms with E-state index >= 15 is 0 Å². The number of hydrogen-bond donors (Lipinski definition) is 2. The lowest BCUT2D eigenvalue weighted by Crippen LogP contribution is -2.40. The van der Waals surface area contributed by atoms with Gasteiger partial charge in [-0.1, -0.05) is 6.07 Å². The average Bonchev–Trinajstić information content (AvgIpc) is 2.41. The average molecular weight is 319 g/mol. The predicted octanol–water partition coefficient (Wildman–Crippen LogP) is 1.31. The predicted molar refractivity (Wildman–Crippen MR) is 69.2 cm³/mol. The van der Waals surface area contributed by atoms with Crippen molar-refractivity contribution >= 4 is 17.5 Å². The summed E-state index contributed by atoms with van der Waals surface area (Å²) in [6.07, 6.45) is -4.54. The van der Waals surface area contributed by atoms with E-state index in [4.69, 9.17) is 0 Å². The lowest BCUT2D eigenvalue weighted by molar-refractivity contribution is -0.385. The molecule has 120 valence electrons. The van der Waals surface area contributed by atoms with E-state index in [0.29, 0.717) is 5.56 Å². The molecule has 2 amide bonds. The minimum absolute atomic E-state index is 0.0686. The number of halogens is 3. The lowest BCUT2D eigenvalue weighted by atomic mass is 10.1. The van der Waals surface area contributed by atoms with Crippen molar-refractivity contribution in [2.45, 2.75) is 13.1 Å². The second kappa shape index (κ2) is 6.87. The Hall–Kier alpha value is -2.65. The molecule has 0 atom stereocenters. The smallest absolute Gasteiger partial charge is 0.345 e. The molecular formula is C12H12F3N3O4. The summed E-state index contributed by atoms with van der Waals surface area (Å²) in [5.41, 5.74) is 0.0135. The van der Waals surface area contributed by atoms with E-state index in [1.807, 2.05) is 0 Å². The Morgan fingerprint density at radius 1 is 1.27 bits per heavy atom. The fourth-order valence-electron chi connectivity index (χ4n) is 1.47. The Bertz CT molecular complexity index is 602. The molecule has 0 fully saturated rings. The number of benzene rings is 1. The van der Waals surface area contributed by atoms with E-state index in [1.54, 1.807) is 5.32 Å². The molecule has 0 unspecified atom stereocenters. The van der Waals surface area contributed by atoms with Gasteiger partial charge in [0.1, 0.15) is 6.54 Å². The van der Waals surface area contributed by atoms with Gasteiger partial charge >= 0.3 is 6.18 Å². The van der Waals surface area contributed by atoms with Crippen LogP contribution in [0.1, 0.15) is 15.9 Å². The van der Waals surface area contributed by atoms with Crippen LogP contribution in [0.4, 0.5) is 18.9 Å². The number of nitro benzene ring substituents is 1. The van der Waals surface area contributed by atoms with Gasteiger partial charge in [0.15, 0.2) is 0 Å². The SMILES string of the molecule is Cc1ccc(C(=O)NCC(=O)NCC(F)(F)F)cc1[N+](=O)[O-]. The number of aryl methyl sites for hydroxylation is 1. The van der Waals surface area contributed by atoms with Gasteiger partial charge in [-0.25, -0.2) is 0 Å². The molecule has 1 aromatic rings.